The summed E-state index contributed by atoms with van der Waals surface area (Å²) in [6, 6.07) is 17.7. The number of piperazine rings is 1. The molecular weight excluding hydrogens is 458 g/mol. The van der Waals surface area contributed by atoms with Gasteiger partial charge in [-0.05, 0) is 42.5 Å². The van der Waals surface area contributed by atoms with Crippen molar-refractivity contribution in [1.82, 2.24) is 19.9 Å². The van der Waals surface area contributed by atoms with Gasteiger partial charge in [-0.1, -0.05) is 18.2 Å². The van der Waals surface area contributed by atoms with Gasteiger partial charge in [0, 0.05) is 49.6 Å². The summed E-state index contributed by atoms with van der Waals surface area (Å²) in [7, 11) is 1.54. The van der Waals surface area contributed by atoms with Gasteiger partial charge in [-0.15, -0.1) is 0 Å². The average Bonchev–Trinajstić information content (AvgIpc) is 2.93. The molecule has 9 heteroatoms. The lowest BCUT2D eigenvalue weighted by molar-refractivity contribution is 0.0746. The summed E-state index contributed by atoms with van der Waals surface area (Å²) in [5.74, 6) is 1.28. The second-order valence-corrected chi connectivity index (χ2v) is 8.41. The summed E-state index contributed by atoms with van der Waals surface area (Å²) in [6.07, 6.45) is 3.07. The number of pyridine rings is 1. The van der Waals surface area contributed by atoms with Gasteiger partial charge in [0.1, 0.15) is 23.0 Å². The third-order valence-electron chi connectivity index (χ3n) is 6.14. The SMILES string of the molecule is COc1cccc(/C(O)=C/c2nc3ccc(C(=O)N4CCN(c5ccccn5)CC4)cc3[nH]c2=O)c1. The number of benzene rings is 2. The van der Waals surface area contributed by atoms with Crippen molar-refractivity contribution in [2.75, 3.05) is 38.2 Å². The van der Waals surface area contributed by atoms with Gasteiger partial charge in [0.2, 0.25) is 0 Å². The number of methoxy groups -OCH3 is 1. The first-order chi connectivity index (χ1) is 17.5. The summed E-state index contributed by atoms with van der Waals surface area (Å²) in [4.78, 5) is 41.3. The minimum atomic E-state index is -0.467. The zero-order valence-electron chi connectivity index (χ0n) is 19.7. The van der Waals surface area contributed by atoms with E-state index in [4.69, 9.17) is 4.74 Å². The third-order valence-corrected chi connectivity index (χ3v) is 6.14. The van der Waals surface area contributed by atoms with E-state index in [2.05, 4.69) is 19.9 Å². The maximum atomic E-state index is 13.1. The third kappa shape index (κ3) is 4.76. The van der Waals surface area contributed by atoms with Crippen molar-refractivity contribution in [3.8, 4) is 5.75 Å². The van der Waals surface area contributed by atoms with Crippen molar-refractivity contribution in [3.63, 3.8) is 0 Å². The van der Waals surface area contributed by atoms with E-state index in [1.54, 1.807) is 53.6 Å². The molecule has 2 aromatic heterocycles. The molecule has 1 aliphatic rings. The van der Waals surface area contributed by atoms with E-state index >= 15 is 0 Å². The molecule has 1 fully saturated rings. The van der Waals surface area contributed by atoms with Crippen LogP contribution < -0.4 is 15.2 Å². The molecule has 1 saturated heterocycles. The summed E-state index contributed by atoms with van der Waals surface area (Å²) in [5, 5.41) is 10.5. The van der Waals surface area contributed by atoms with E-state index in [1.165, 1.54) is 13.2 Å². The van der Waals surface area contributed by atoms with Gasteiger partial charge >= 0.3 is 0 Å². The van der Waals surface area contributed by atoms with Crippen LogP contribution in [0.3, 0.4) is 0 Å². The number of aromatic nitrogens is 3. The average molecular weight is 484 g/mol. The molecule has 1 aliphatic heterocycles. The Labute approximate surface area is 207 Å². The summed E-state index contributed by atoms with van der Waals surface area (Å²) >= 11 is 0. The number of hydrogen-bond donors (Lipinski definition) is 2. The molecule has 5 rings (SSSR count). The quantitative estimate of drug-likeness (QED) is 0.419. The Kier molecular flexibility index (Phi) is 6.36. The second-order valence-electron chi connectivity index (χ2n) is 8.41. The van der Waals surface area contributed by atoms with Gasteiger partial charge in [0.15, 0.2) is 0 Å². The molecule has 2 aromatic carbocycles. The highest BCUT2D eigenvalue weighted by atomic mass is 16.5. The predicted octanol–water partition coefficient (Wildman–Crippen LogP) is 3.35. The largest absolute Gasteiger partial charge is 0.507 e. The fourth-order valence-corrected chi connectivity index (χ4v) is 4.19. The Hall–Kier alpha value is -4.66. The number of ether oxygens (including phenoxy) is 1. The lowest BCUT2D eigenvalue weighted by Gasteiger charge is -2.35. The summed E-state index contributed by atoms with van der Waals surface area (Å²) < 4.78 is 5.18. The fraction of sp³-hybridized carbons (Fsp3) is 0.185. The van der Waals surface area contributed by atoms with Crippen molar-refractivity contribution in [3.05, 3.63) is 94.0 Å². The summed E-state index contributed by atoms with van der Waals surface area (Å²) in [5.41, 5.74) is 1.54. The zero-order chi connectivity index (χ0) is 25.1. The van der Waals surface area contributed by atoms with Crippen LogP contribution in [-0.4, -0.2) is 64.2 Å². The number of nitrogens with one attached hydrogen (secondary N) is 1. The molecule has 0 atom stereocenters. The summed E-state index contributed by atoms with van der Waals surface area (Å²) in [6.45, 7) is 2.55. The monoisotopic (exact) mass is 483 g/mol. The molecule has 0 saturated carbocycles. The van der Waals surface area contributed by atoms with Gasteiger partial charge in [-0.3, -0.25) is 9.59 Å². The molecule has 0 radical (unpaired) electrons. The number of rotatable bonds is 5. The Morgan fingerprint density at radius 3 is 2.61 bits per heavy atom. The van der Waals surface area contributed by atoms with Crippen LogP contribution in [0.4, 0.5) is 5.82 Å². The van der Waals surface area contributed by atoms with Gasteiger partial charge < -0.3 is 24.6 Å². The second kappa shape index (κ2) is 9.91. The number of nitrogens with zero attached hydrogens (tertiary/aromatic N) is 4. The van der Waals surface area contributed by atoms with Gasteiger partial charge in [-0.25, -0.2) is 9.97 Å². The first kappa shape index (κ1) is 23.1. The molecule has 182 valence electrons. The van der Waals surface area contributed by atoms with Gasteiger partial charge in [-0.2, -0.15) is 0 Å². The van der Waals surface area contributed by atoms with Crippen molar-refractivity contribution in [2.45, 2.75) is 0 Å². The highest BCUT2D eigenvalue weighted by molar-refractivity contribution is 5.97. The van der Waals surface area contributed by atoms with Crippen molar-refractivity contribution in [1.29, 1.82) is 0 Å². The van der Waals surface area contributed by atoms with Crippen LogP contribution in [0.5, 0.6) is 5.75 Å². The topological polar surface area (TPSA) is 112 Å². The molecular formula is C27H25N5O4. The van der Waals surface area contributed by atoms with Crippen LogP contribution in [0.1, 0.15) is 21.6 Å². The maximum Gasteiger partial charge on any atom is 0.274 e. The maximum absolute atomic E-state index is 13.1. The smallest absolute Gasteiger partial charge is 0.274 e. The Bertz CT molecular complexity index is 1490. The van der Waals surface area contributed by atoms with E-state index in [-0.39, 0.29) is 17.4 Å². The van der Waals surface area contributed by atoms with Crippen molar-refractivity contribution < 1.29 is 14.6 Å². The van der Waals surface area contributed by atoms with Crippen LogP contribution in [0, 0.1) is 0 Å². The number of aromatic amines is 1. The lowest BCUT2D eigenvalue weighted by atomic mass is 10.1. The molecule has 1 amide bonds. The Balaban J connectivity index is 1.34. The molecule has 0 spiro atoms. The molecule has 3 heterocycles. The fourth-order valence-electron chi connectivity index (χ4n) is 4.19. The van der Waals surface area contributed by atoms with Crippen molar-refractivity contribution >= 4 is 34.6 Å². The minimum absolute atomic E-state index is 0.0625. The number of fused-ring (bicyclic) bond motifs is 1. The Morgan fingerprint density at radius 2 is 1.86 bits per heavy atom. The van der Waals surface area contributed by atoms with Crippen molar-refractivity contribution in [2.24, 2.45) is 0 Å². The number of carbonyl (C=O) groups excluding carboxylic acids is 1. The standard InChI is InChI=1S/C27H25N5O4/c1-36-20-6-4-5-18(15-20)24(33)17-23-26(34)30-22-16-19(8-9-21(22)29-23)27(35)32-13-11-31(12-14-32)25-7-2-3-10-28-25/h2-10,15-17,33H,11-14H2,1H3,(H,30,34)/b24-17-. The molecule has 4 aromatic rings. The number of amides is 1. The minimum Gasteiger partial charge on any atom is -0.507 e. The number of aliphatic hydroxyl groups is 1. The molecule has 9 nitrogen and oxygen atoms in total. The molecule has 0 aliphatic carbocycles. The first-order valence-corrected chi connectivity index (χ1v) is 11.6. The van der Waals surface area contributed by atoms with Gasteiger partial charge in [0.25, 0.3) is 11.5 Å². The van der Waals surface area contributed by atoms with Crippen LogP contribution in [-0.2, 0) is 0 Å². The van der Waals surface area contributed by atoms with E-state index in [0.29, 0.717) is 54.1 Å². The molecule has 36 heavy (non-hydrogen) atoms. The normalized spacial score (nSPS) is 14.2. The number of anilines is 1. The predicted molar refractivity (Wildman–Crippen MR) is 138 cm³/mol. The van der Waals surface area contributed by atoms with Gasteiger partial charge in [0.05, 0.1) is 18.1 Å². The van der Waals surface area contributed by atoms with Crippen LogP contribution >= 0.6 is 0 Å². The highest BCUT2D eigenvalue weighted by Gasteiger charge is 2.23. The van der Waals surface area contributed by atoms with E-state index in [9.17, 15) is 14.7 Å². The van der Waals surface area contributed by atoms with Crippen LogP contribution in [0.2, 0.25) is 0 Å². The molecule has 0 unspecified atom stereocenters. The van der Waals surface area contributed by atoms with E-state index < -0.39 is 5.56 Å². The number of H-pyrrole nitrogens is 1. The van der Waals surface area contributed by atoms with E-state index in [1.807, 2.05) is 18.2 Å². The zero-order valence-corrected chi connectivity index (χ0v) is 19.7. The first-order valence-electron chi connectivity index (χ1n) is 11.6. The molecule has 0 bridgehead atoms. The van der Waals surface area contributed by atoms with Crippen LogP contribution in [0.25, 0.3) is 22.9 Å². The van der Waals surface area contributed by atoms with Crippen LogP contribution in [0.15, 0.2) is 71.7 Å². The number of aliphatic hydroxyl groups excluding tert-OH is 1. The number of carbonyl (C=O) groups is 1. The highest BCUT2D eigenvalue weighted by Crippen LogP contribution is 2.21. The number of hydrogen-bond acceptors (Lipinski definition) is 7. The Morgan fingerprint density at radius 1 is 1.03 bits per heavy atom. The van der Waals surface area contributed by atoms with E-state index in [0.717, 1.165) is 5.82 Å². The molecule has 2 N–H and O–H groups in total. The lowest BCUT2D eigenvalue weighted by Crippen LogP contribution is -2.49.